The zero-order valence-electron chi connectivity index (χ0n) is 23.9. The van der Waals surface area contributed by atoms with Gasteiger partial charge in [-0.25, -0.2) is 21.6 Å². The van der Waals surface area contributed by atoms with Crippen LogP contribution in [0.3, 0.4) is 0 Å². The predicted molar refractivity (Wildman–Crippen MR) is 158 cm³/mol. The zero-order chi connectivity index (χ0) is 30.7. The van der Waals surface area contributed by atoms with Crippen LogP contribution in [0.1, 0.15) is 47.4 Å². The SMILES string of the molecule is Cc1cc(F)cc([C@H](c2ccc(F)cc2)[C@H](N)C(=O)Nc2cncc(F)c2CC[C@H]2CNCCN2S(=O)(=O)CC2CC2)c1. The van der Waals surface area contributed by atoms with Gasteiger partial charge in [0.05, 0.1) is 29.9 Å². The van der Waals surface area contributed by atoms with E-state index in [9.17, 15) is 22.0 Å². The van der Waals surface area contributed by atoms with Gasteiger partial charge in [-0.2, -0.15) is 4.31 Å². The second-order valence-corrected chi connectivity index (χ2v) is 13.4. The first-order chi connectivity index (χ1) is 20.5. The molecule has 1 aliphatic heterocycles. The number of nitrogens with zero attached hydrogens (tertiary/aromatic N) is 2. The van der Waals surface area contributed by atoms with Crippen molar-refractivity contribution in [2.45, 2.75) is 50.6 Å². The smallest absolute Gasteiger partial charge is 0.242 e. The first kappa shape index (κ1) is 31.1. The van der Waals surface area contributed by atoms with Crippen LogP contribution >= 0.6 is 0 Å². The molecule has 230 valence electrons. The molecule has 1 aromatic heterocycles. The third-order valence-corrected chi connectivity index (χ3v) is 10.2. The molecule has 3 atom stereocenters. The van der Waals surface area contributed by atoms with Gasteiger partial charge < -0.3 is 16.4 Å². The van der Waals surface area contributed by atoms with E-state index in [2.05, 4.69) is 15.6 Å². The molecule has 2 fully saturated rings. The maximum absolute atomic E-state index is 15.1. The number of anilines is 1. The summed E-state index contributed by atoms with van der Waals surface area (Å²) < 4.78 is 70.9. The van der Waals surface area contributed by atoms with Crippen molar-refractivity contribution in [1.29, 1.82) is 0 Å². The van der Waals surface area contributed by atoms with E-state index in [0.717, 1.165) is 19.0 Å². The lowest BCUT2D eigenvalue weighted by Gasteiger charge is -2.35. The van der Waals surface area contributed by atoms with Gasteiger partial charge in [0.15, 0.2) is 0 Å². The molecule has 1 saturated carbocycles. The zero-order valence-corrected chi connectivity index (χ0v) is 24.7. The fraction of sp³-hybridized carbons (Fsp3) is 0.419. The molecule has 3 aromatic rings. The summed E-state index contributed by atoms with van der Waals surface area (Å²) in [5, 5.41) is 5.92. The largest absolute Gasteiger partial charge is 0.323 e. The average Bonchev–Trinajstić information content (AvgIpc) is 3.77. The quantitative estimate of drug-likeness (QED) is 0.302. The summed E-state index contributed by atoms with van der Waals surface area (Å²) in [6.45, 7) is 3.05. The van der Waals surface area contributed by atoms with Crippen molar-refractivity contribution in [1.82, 2.24) is 14.6 Å². The van der Waals surface area contributed by atoms with Crippen LogP contribution in [0.25, 0.3) is 0 Å². The van der Waals surface area contributed by atoms with Crippen molar-refractivity contribution >= 4 is 21.6 Å². The van der Waals surface area contributed by atoms with Crippen LogP contribution in [0.5, 0.6) is 0 Å². The molecule has 0 spiro atoms. The van der Waals surface area contributed by atoms with Gasteiger partial charge in [-0.15, -0.1) is 0 Å². The molecule has 12 heteroatoms. The number of aromatic nitrogens is 1. The molecule has 2 heterocycles. The molecular weight excluding hydrogens is 579 g/mol. The Morgan fingerprint density at radius 1 is 1.09 bits per heavy atom. The monoisotopic (exact) mass is 615 g/mol. The van der Waals surface area contributed by atoms with Gasteiger partial charge in [0.25, 0.3) is 0 Å². The lowest BCUT2D eigenvalue weighted by atomic mass is 9.84. The molecule has 1 amide bonds. The van der Waals surface area contributed by atoms with Crippen LogP contribution in [0.2, 0.25) is 0 Å². The summed E-state index contributed by atoms with van der Waals surface area (Å²) >= 11 is 0. The number of amides is 1. The van der Waals surface area contributed by atoms with Crippen molar-refractivity contribution in [2.75, 3.05) is 30.7 Å². The molecule has 0 unspecified atom stereocenters. The highest BCUT2D eigenvalue weighted by Gasteiger charge is 2.37. The molecular formula is C31H36F3N5O3S. The van der Waals surface area contributed by atoms with Crippen LogP contribution < -0.4 is 16.4 Å². The van der Waals surface area contributed by atoms with E-state index in [4.69, 9.17) is 5.73 Å². The number of piperazine rings is 1. The molecule has 1 aliphatic carbocycles. The van der Waals surface area contributed by atoms with E-state index in [0.29, 0.717) is 42.7 Å². The number of hydrogen-bond acceptors (Lipinski definition) is 6. The molecule has 43 heavy (non-hydrogen) atoms. The number of rotatable bonds is 11. The second-order valence-electron chi connectivity index (χ2n) is 11.5. The Morgan fingerprint density at radius 2 is 1.84 bits per heavy atom. The Bertz CT molecular complexity index is 1550. The van der Waals surface area contributed by atoms with Gasteiger partial charge in [-0.3, -0.25) is 9.78 Å². The Balaban J connectivity index is 1.36. The highest BCUT2D eigenvalue weighted by molar-refractivity contribution is 7.89. The molecule has 2 aromatic carbocycles. The number of nitrogens with two attached hydrogens (primary N) is 1. The number of benzene rings is 2. The van der Waals surface area contributed by atoms with Crippen LogP contribution in [-0.4, -0.2) is 61.1 Å². The molecule has 0 bridgehead atoms. The second kappa shape index (κ2) is 13.1. The summed E-state index contributed by atoms with van der Waals surface area (Å²) in [5.74, 6) is -2.78. The van der Waals surface area contributed by atoms with E-state index >= 15 is 4.39 Å². The van der Waals surface area contributed by atoms with Gasteiger partial charge in [-0.1, -0.05) is 18.2 Å². The molecule has 5 rings (SSSR count). The van der Waals surface area contributed by atoms with E-state index in [-0.39, 0.29) is 35.4 Å². The summed E-state index contributed by atoms with van der Waals surface area (Å²) in [4.78, 5) is 17.4. The van der Waals surface area contributed by atoms with Crippen LogP contribution in [0, 0.1) is 30.3 Å². The number of sulfonamides is 1. The van der Waals surface area contributed by atoms with Gasteiger partial charge in [0, 0.05) is 37.2 Å². The van der Waals surface area contributed by atoms with E-state index in [1.165, 1.54) is 46.9 Å². The number of hydrogen-bond donors (Lipinski definition) is 3. The topological polar surface area (TPSA) is 117 Å². The van der Waals surface area contributed by atoms with Crippen LogP contribution in [0.4, 0.5) is 18.9 Å². The van der Waals surface area contributed by atoms with Crippen LogP contribution in [0.15, 0.2) is 54.9 Å². The minimum Gasteiger partial charge on any atom is -0.323 e. The van der Waals surface area contributed by atoms with Crippen molar-refractivity contribution in [3.05, 3.63) is 94.6 Å². The van der Waals surface area contributed by atoms with Gasteiger partial charge in [0.1, 0.15) is 17.5 Å². The van der Waals surface area contributed by atoms with Crippen LogP contribution in [-0.2, 0) is 21.2 Å². The minimum atomic E-state index is -3.44. The van der Waals surface area contributed by atoms with Crippen molar-refractivity contribution in [3.8, 4) is 0 Å². The maximum Gasteiger partial charge on any atom is 0.242 e. The first-order valence-electron chi connectivity index (χ1n) is 14.4. The van der Waals surface area contributed by atoms with Gasteiger partial charge in [0.2, 0.25) is 15.9 Å². The van der Waals surface area contributed by atoms with Gasteiger partial charge in [-0.05, 0) is 79.5 Å². The van der Waals surface area contributed by atoms with E-state index in [1.54, 1.807) is 13.0 Å². The normalized spacial score (nSPS) is 19.1. The van der Waals surface area contributed by atoms with Crippen molar-refractivity contribution in [2.24, 2.45) is 11.7 Å². The lowest BCUT2D eigenvalue weighted by Crippen LogP contribution is -2.54. The number of pyridine rings is 1. The molecule has 2 aliphatic rings. The predicted octanol–water partition coefficient (Wildman–Crippen LogP) is 3.85. The maximum atomic E-state index is 15.1. The Kier molecular flexibility index (Phi) is 9.50. The molecule has 4 N–H and O–H groups in total. The Morgan fingerprint density at radius 3 is 2.53 bits per heavy atom. The van der Waals surface area contributed by atoms with E-state index < -0.39 is 45.3 Å². The first-order valence-corrected chi connectivity index (χ1v) is 16.0. The van der Waals surface area contributed by atoms with E-state index in [1.807, 2.05) is 0 Å². The average molecular weight is 616 g/mol. The Hall–Kier alpha value is -3.32. The third-order valence-electron chi connectivity index (χ3n) is 8.10. The number of carbonyl (C=O) groups excluding carboxylic acids is 1. The molecule has 1 saturated heterocycles. The number of nitrogens with one attached hydrogen (secondary N) is 2. The number of aryl methyl sites for hydroxylation is 1. The molecule has 8 nitrogen and oxygen atoms in total. The highest BCUT2D eigenvalue weighted by Crippen LogP contribution is 2.33. The fourth-order valence-electron chi connectivity index (χ4n) is 5.76. The lowest BCUT2D eigenvalue weighted by molar-refractivity contribution is -0.117. The summed E-state index contributed by atoms with van der Waals surface area (Å²) in [6, 6.07) is 8.17. The number of halogens is 3. The standard InChI is InChI=1S/C31H36F3N5O3S/c1-19-12-22(14-24(33)13-19)29(21-4-6-23(32)7-5-21)30(35)31(40)38-28-17-37-16-27(34)26(28)9-8-25-15-36-10-11-39(25)43(41,42)18-20-2-3-20/h4-7,12-14,16-17,20,25,29-30,36H,2-3,8-11,15,18,35H2,1H3,(H,38,40)/t25-,29-,30-/m0/s1. The fourth-order valence-corrected chi connectivity index (χ4v) is 7.88. The van der Waals surface area contributed by atoms with Crippen molar-refractivity contribution in [3.63, 3.8) is 0 Å². The highest BCUT2D eigenvalue weighted by atomic mass is 32.2. The summed E-state index contributed by atoms with van der Waals surface area (Å²) in [7, 11) is -3.44. The van der Waals surface area contributed by atoms with Gasteiger partial charge >= 0.3 is 0 Å². The third kappa shape index (κ3) is 7.61. The van der Waals surface area contributed by atoms with Crippen molar-refractivity contribution < 1.29 is 26.4 Å². The molecule has 0 radical (unpaired) electrons. The summed E-state index contributed by atoms with van der Waals surface area (Å²) in [5.41, 5.74) is 8.33. The summed E-state index contributed by atoms with van der Waals surface area (Å²) in [6.07, 6.45) is 4.68. The minimum absolute atomic E-state index is 0.116. The Labute approximate surface area is 249 Å². The number of carbonyl (C=O) groups is 1.